The summed E-state index contributed by atoms with van der Waals surface area (Å²) in [6.07, 6.45) is -5.96. The Morgan fingerprint density at radius 1 is 0.776 bits per heavy atom. The van der Waals surface area contributed by atoms with Gasteiger partial charge in [0, 0.05) is 11.5 Å². The summed E-state index contributed by atoms with van der Waals surface area (Å²) in [5, 5.41) is 84.9. The smallest absolute Gasteiger partial charge is 0.331 e. The van der Waals surface area contributed by atoms with Crippen LogP contribution >= 0.6 is 0 Å². The van der Waals surface area contributed by atoms with E-state index in [2.05, 4.69) is 13.8 Å². The molecule has 8 N–H and O–H groups in total. The Morgan fingerprint density at radius 2 is 1.47 bits per heavy atom. The van der Waals surface area contributed by atoms with Gasteiger partial charge in [-0.15, -0.1) is 0 Å². The van der Waals surface area contributed by atoms with Crippen LogP contribution in [0.2, 0.25) is 0 Å². The van der Waals surface area contributed by atoms with Crippen LogP contribution in [0.1, 0.15) is 71.6 Å². The molecule has 49 heavy (non-hydrogen) atoms. The number of fused-ring (bicyclic) bond motifs is 5. The van der Waals surface area contributed by atoms with E-state index in [1.807, 2.05) is 0 Å². The number of aliphatic hydroxyl groups excluding tert-OH is 7. The molecular weight excluding hydrogens is 644 g/mol. The molecule has 0 spiro atoms. The van der Waals surface area contributed by atoms with Crippen LogP contribution in [0.15, 0.2) is 11.6 Å². The maximum atomic E-state index is 12.5. The van der Waals surface area contributed by atoms with Crippen LogP contribution in [-0.2, 0) is 28.5 Å². The van der Waals surface area contributed by atoms with Gasteiger partial charge in [0.2, 0.25) is 0 Å². The summed E-state index contributed by atoms with van der Waals surface area (Å²) >= 11 is 0. The van der Waals surface area contributed by atoms with Gasteiger partial charge in [-0.2, -0.15) is 0 Å². The minimum atomic E-state index is -1.74. The molecule has 0 unspecified atom stereocenters. The Bertz CT molecular complexity index is 1260. The van der Waals surface area contributed by atoms with E-state index in [9.17, 15) is 45.6 Å². The Kier molecular flexibility index (Phi) is 9.80. The van der Waals surface area contributed by atoms with Crippen LogP contribution in [0.4, 0.5) is 0 Å². The Labute approximate surface area is 285 Å². The number of hydrogen-bond donors (Lipinski definition) is 8. The van der Waals surface area contributed by atoms with Crippen molar-refractivity contribution in [1.29, 1.82) is 0 Å². The van der Waals surface area contributed by atoms with Crippen molar-refractivity contribution in [3.05, 3.63) is 11.6 Å². The van der Waals surface area contributed by atoms with Gasteiger partial charge < -0.3 is 64.5 Å². The highest BCUT2D eigenvalue weighted by atomic mass is 16.7. The second-order valence-electron chi connectivity index (χ2n) is 16.3. The van der Waals surface area contributed by atoms with Crippen molar-refractivity contribution in [3.63, 3.8) is 0 Å². The van der Waals surface area contributed by atoms with Crippen molar-refractivity contribution in [2.75, 3.05) is 19.8 Å². The quantitative estimate of drug-likeness (QED) is 0.121. The van der Waals surface area contributed by atoms with Crippen molar-refractivity contribution in [2.24, 2.45) is 34.5 Å². The minimum Gasteiger partial charge on any atom is -0.458 e. The fourth-order valence-corrected chi connectivity index (χ4v) is 11.4. The molecule has 18 atom stereocenters. The SMILES string of the molecule is C[C@]12CC[C@H](O[C@@H]3O[C@H](CO)[C@@H](O[C@@H]4O[C@H](CO)[C@H](O)[C@H](O)[C@H]4O)[C@H](O)[C@H]3O)C[C@H]1CC[C@@H]1[C@@H]2CC[C@]2(C)[C@@H](C3=CC(=O)OC3)CC[C@]12O. The average Bonchev–Trinajstić information content (AvgIpc) is 3.63. The fraction of sp³-hybridized carbons (Fsp3) is 0.914. The van der Waals surface area contributed by atoms with E-state index < -0.39 is 80.2 Å². The number of esters is 1. The van der Waals surface area contributed by atoms with E-state index in [1.54, 1.807) is 6.08 Å². The number of cyclic esters (lactones) is 1. The van der Waals surface area contributed by atoms with Gasteiger partial charge in [-0.1, -0.05) is 13.8 Å². The Hall–Kier alpha value is -1.27. The van der Waals surface area contributed by atoms with Crippen molar-refractivity contribution in [2.45, 2.75) is 145 Å². The first-order valence-electron chi connectivity index (χ1n) is 18.1. The lowest BCUT2D eigenvalue weighted by molar-refractivity contribution is -0.364. The zero-order chi connectivity index (χ0) is 35.0. The first kappa shape index (κ1) is 36.1. The number of carbonyl (C=O) groups is 1. The lowest BCUT2D eigenvalue weighted by Crippen LogP contribution is -2.65. The van der Waals surface area contributed by atoms with Crippen molar-refractivity contribution in [1.82, 2.24) is 0 Å². The molecule has 0 bridgehead atoms. The lowest BCUT2D eigenvalue weighted by Gasteiger charge is -2.64. The molecular formula is C35H54O14. The number of carbonyl (C=O) groups excluding carboxylic acids is 1. The van der Waals surface area contributed by atoms with Gasteiger partial charge in [-0.05, 0) is 92.4 Å². The summed E-state index contributed by atoms with van der Waals surface area (Å²) in [5.41, 5.74) is -0.0991. The summed E-state index contributed by atoms with van der Waals surface area (Å²) in [7, 11) is 0. The van der Waals surface area contributed by atoms with Crippen LogP contribution in [0.25, 0.3) is 0 Å². The Balaban J connectivity index is 0.990. The minimum absolute atomic E-state index is 0.00679. The van der Waals surface area contributed by atoms with E-state index in [0.717, 1.165) is 56.9 Å². The molecule has 4 saturated carbocycles. The van der Waals surface area contributed by atoms with Gasteiger partial charge in [-0.3, -0.25) is 0 Å². The van der Waals surface area contributed by atoms with Crippen LogP contribution in [0.5, 0.6) is 0 Å². The maximum Gasteiger partial charge on any atom is 0.331 e. The summed E-state index contributed by atoms with van der Waals surface area (Å²) in [6.45, 7) is 3.60. The average molecular weight is 699 g/mol. The van der Waals surface area contributed by atoms with Gasteiger partial charge in [0.25, 0.3) is 0 Å². The maximum absolute atomic E-state index is 12.5. The van der Waals surface area contributed by atoms with E-state index >= 15 is 0 Å². The van der Waals surface area contributed by atoms with E-state index in [-0.39, 0.29) is 34.7 Å². The van der Waals surface area contributed by atoms with Gasteiger partial charge in [0.05, 0.1) is 24.9 Å². The first-order chi connectivity index (χ1) is 23.3. The molecule has 0 radical (unpaired) electrons. The first-order valence-corrected chi connectivity index (χ1v) is 18.1. The molecule has 6 fully saturated rings. The third-order valence-electron chi connectivity index (χ3n) is 14.2. The molecule has 14 heteroatoms. The highest BCUT2D eigenvalue weighted by molar-refractivity contribution is 5.85. The van der Waals surface area contributed by atoms with Crippen molar-refractivity contribution >= 4 is 5.97 Å². The summed E-state index contributed by atoms with van der Waals surface area (Å²) in [4.78, 5) is 11.9. The van der Waals surface area contributed by atoms with Crippen LogP contribution in [0.3, 0.4) is 0 Å². The fourth-order valence-electron chi connectivity index (χ4n) is 11.4. The number of rotatable bonds is 7. The third kappa shape index (κ3) is 5.73. The van der Waals surface area contributed by atoms with E-state index in [1.165, 1.54) is 0 Å². The number of hydrogen-bond acceptors (Lipinski definition) is 14. The predicted octanol–water partition coefficient (Wildman–Crippen LogP) is -0.747. The molecule has 0 aromatic carbocycles. The molecule has 2 saturated heterocycles. The molecule has 3 heterocycles. The van der Waals surface area contributed by atoms with Crippen LogP contribution in [-0.4, -0.2) is 140 Å². The molecule has 0 aromatic rings. The standard InChI is InChI=1S/C35H54O14/c1-33-8-5-18(46-31-29(43)27(41)30(23(14-37)48-31)49-32-28(42)26(40)25(39)22(13-36)47-32)12-17(33)3-4-21-20(33)6-9-34(2)19(7-10-35(21,34)44)16-11-24(38)45-15-16/h11,17-23,25-32,36-37,39-44H,3-10,12-15H2,1-2H3/t17-,18+,19-,20+,21-,22-,23-,25+,26+,27-,28-,29-,30-,31-,32+,33+,34-,35+/m1/s1. The molecule has 14 nitrogen and oxygen atoms in total. The number of aliphatic hydroxyl groups is 8. The van der Waals surface area contributed by atoms with Gasteiger partial charge >= 0.3 is 5.97 Å². The highest BCUT2D eigenvalue weighted by Gasteiger charge is 2.68. The van der Waals surface area contributed by atoms with Gasteiger partial charge in [0.15, 0.2) is 12.6 Å². The number of ether oxygens (including phenoxy) is 5. The second-order valence-corrected chi connectivity index (χ2v) is 16.3. The normalized spacial score (nSPS) is 54.4. The molecule has 7 rings (SSSR count). The molecule has 0 amide bonds. The summed E-state index contributed by atoms with van der Waals surface area (Å²) in [6, 6.07) is 0. The lowest BCUT2D eigenvalue weighted by atomic mass is 9.43. The van der Waals surface area contributed by atoms with Gasteiger partial charge in [0.1, 0.15) is 55.4 Å². The van der Waals surface area contributed by atoms with Crippen molar-refractivity contribution in [3.8, 4) is 0 Å². The van der Waals surface area contributed by atoms with Crippen LogP contribution in [0, 0.1) is 34.5 Å². The zero-order valence-electron chi connectivity index (χ0n) is 28.3. The molecule has 3 aliphatic heterocycles. The summed E-state index contributed by atoms with van der Waals surface area (Å²) < 4.78 is 28.6. The van der Waals surface area contributed by atoms with Gasteiger partial charge in [-0.25, -0.2) is 4.79 Å². The highest BCUT2D eigenvalue weighted by Crippen LogP contribution is 2.70. The van der Waals surface area contributed by atoms with Crippen molar-refractivity contribution < 1.29 is 69.3 Å². The van der Waals surface area contributed by atoms with E-state index in [4.69, 9.17) is 23.7 Å². The molecule has 4 aliphatic carbocycles. The Morgan fingerprint density at radius 3 is 2.16 bits per heavy atom. The molecule has 7 aliphatic rings. The predicted molar refractivity (Wildman–Crippen MR) is 167 cm³/mol. The monoisotopic (exact) mass is 698 g/mol. The largest absolute Gasteiger partial charge is 0.458 e. The van der Waals surface area contributed by atoms with Crippen LogP contribution < -0.4 is 0 Å². The van der Waals surface area contributed by atoms with E-state index in [0.29, 0.717) is 24.9 Å². The topological polar surface area (TPSA) is 225 Å². The molecule has 278 valence electrons. The summed E-state index contributed by atoms with van der Waals surface area (Å²) in [5.74, 6) is 0.683. The molecule has 0 aromatic heterocycles. The second kappa shape index (κ2) is 13.3. The third-order valence-corrected chi connectivity index (χ3v) is 14.2. The zero-order valence-corrected chi connectivity index (χ0v) is 28.3.